The van der Waals surface area contributed by atoms with Gasteiger partial charge < -0.3 is 41.7 Å². The number of hydrogen-bond acceptors (Lipinski definition) is 14. The number of fused-ring (bicyclic) bond motifs is 2. The van der Waals surface area contributed by atoms with Crippen molar-refractivity contribution in [3.8, 4) is 22.3 Å². The molecule has 16 nitrogen and oxygen atoms in total. The fourth-order valence-corrected chi connectivity index (χ4v) is 9.04. The van der Waals surface area contributed by atoms with Crippen LogP contribution in [-0.2, 0) is 9.59 Å². The molecule has 10 rings (SSSR count). The minimum atomic E-state index is -0.386. The number of benzene rings is 6. The Kier molecular flexibility index (Phi) is 18.8. The van der Waals surface area contributed by atoms with Crippen molar-refractivity contribution in [1.82, 2.24) is 29.7 Å². The van der Waals surface area contributed by atoms with E-state index in [-0.39, 0.29) is 53.6 Å². The van der Waals surface area contributed by atoms with Gasteiger partial charge in [-0.15, -0.1) is 0 Å². The number of halogens is 3. The number of aliphatic hydroxyl groups is 2. The van der Waals surface area contributed by atoms with Gasteiger partial charge in [0.1, 0.15) is 11.6 Å². The van der Waals surface area contributed by atoms with Crippen LogP contribution in [0.15, 0.2) is 159 Å². The third-order valence-corrected chi connectivity index (χ3v) is 13.1. The molecule has 6 aromatic carbocycles. The van der Waals surface area contributed by atoms with Gasteiger partial charge in [-0.25, -0.2) is 28.7 Å². The summed E-state index contributed by atoms with van der Waals surface area (Å²) in [6.07, 6.45) is 5.85. The first-order valence-corrected chi connectivity index (χ1v) is 25.3. The molecular formula is C58H59ClF2N12O4. The van der Waals surface area contributed by atoms with E-state index >= 15 is 4.39 Å². The second-order valence-corrected chi connectivity index (χ2v) is 18.3. The average molecular weight is 1060 g/mol. The molecule has 0 radical (unpaired) electrons. The van der Waals surface area contributed by atoms with E-state index in [1.807, 2.05) is 91.0 Å². The number of nitrogens with zero attached hydrogens (tertiary/aromatic N) is 8. The molecule has 2 aliphatic heterocycles. The highest BCUT2D eigenvalue weighted by molar-refractivity contribution is 6.28. The molecule has 4 heterocycles. The fraction of sp³-hybridized carbons (Fsp3) is 0.207. The van der Waals surface area contributed by atoms with Crippen LogP contribution in [0.1, 0.15) is 0 Å². The zero-order valence-corrected chi connectivity index (χ0v) is 43.0. The van der Waals surface area contributed by atoms with Gasteiger partial charge in [0.05, 0.1) is 35.6 Å². The predicted octanol–water partition coefficient (Wildman–Crippen LogP) is 9.02. The molecule has 0 bridgehead atoms. The van der Waals surface area contributed by atoms with Crippen LogP contribution >= 0.6 is 11.6 Å². The molecule has 2 saturated heterocycles. The van der Waals surface area contributed by atoms with Crippen molar-refractivity contribution < 1.29 is 28.6 Å². The van der Waals surface area contributed by atoms with Crippen LogP contribution in [-0.4, -0.2) is 130 Å². The summed E-state index contributed by atoms with van der Waals surface area (Å²) in [5.41, 5.74) is 14.0. The fourth-order valence-electron chi connectivity index (χ4n) is 8.91. The Morgan fingerprint density at radius 2 is 1.09 bits per heavy atom. The van der Waals surface area contributed by atoms with E-state index in [4.69, 9.17) is 32.5 Å². The summed E-state index contributed by atoms with van der Waals surface area (Å²) in [4.78, 5) is 49.2. The zero-order chi connectivity index (χ0) is 54.3. The number of nitrogens with one attached hydrogen (secondary N) is 3. The zero-order valence-electron chi connectivity index (χ0n) is 42.3. The summed E-state index contributed by atoms with van der Waals surface area (Å²) in [6.45, 7) is 15.4. The molecule has 2 aliphatic rings. The number of nitrogens with two attached hydrogens (primary N) is 1. The summed E-state index contributed by atoms with van der Waals surface area (Å²) in [5.74, 6) is -1.00. The Balaban J connectivity index is 0.000000169. The number of hydrogen-bond donors (Lipinski definition) is 6. The maximum atomic E-state index is 15.1. The minimum absolute atomic E-state index is 0.146. The molecule has 396 valence electrons. The summed E-state index contributed by atoms with van der Waals surface area (Å²) >= 11 is 5.91. The Morgan fingerprint density at radius 3 is 1.58 bits per heavy atom. The Labute approximate surface area is 450 Å². The lowest BCUT2D eigenvalue weighted by atomic mass is 10.0. The maximum Gasteiger partial charge on any atom is 0.247 e. The molecule has 2 fully saturated rings. The maximum absolute atomic E-state index is 15.1. The number of anilines is 7. The molecule has 0 saturated carbocycles. The molecule has 0 atom stereocenters. The van der Waals surface area contributed by atoms with Crippen molar-refractivity contribution in [3.05, 3.63) is 176 Å². The molecule has 2 aromatic heterocycles. The van der Waals surface area contributed by atoms with Gasteiger partial charge in [-0.2, -0.15) is 0 Å². The second kappa shape index (κ2) is 26.4. The molecule has 8 aromatic rings. The number of aliphatic hydroxyl groups excluding tert-OH is 2. The van der Waals surface area contributed by atoms with Gasteiger partial charge in [0, 0.05) is 122 Å². The van der Waals surface area contributed by atoms with Gasteiger partial charge in [-0.3, -0.25) is 19.4 Å². The number of aromatic nitrogens is 4. The van der Waals surface area contributed by atoms with Crippen LogP contribution in [0.3, 0.4) is 0 Å². The van der Waals surface area contributed by atoms with E-state index in [2.05, 4.69) is 63.7 Å². The van der Waals surface area contributed by atoms with E-state index in [1.165, 1.54) is 24.3 Å². The monoisotopic (exact) mass is 1060 g/mol. The van der Waals surface area contributed by atoms with Gasteiger partial charge in [-0.1, -0.05) is 73.8 Å². The summed E-state index contributed by atoms with van der Waals surface area (Å²) in [5, 5.41) is 28.5. The highest BCUT2D eigenvalue weighted by atomic mass is 35.5. The van der Waals surface area contributed by atoms with E-state index in [1.54, 1.807) is 30.6 Å². The Morgan fingerprint density at radius 1 is 0.610 bits per heavy atom. The first kappa shape index (κ1) is 54.9. The third-order valence-electron chi connectivity index (χ3n) is 12.9. The lowest BCUT2D eigenvalue weighted by Crippen LogP contribution is -2.47. The van der Waals surface area contributed by atoms with Crippen molar-refractivity contribution >= 4 is 85.3 Å². The number of piperazine rings is 2. The van der Waals surface area contributed by atoms with Gasteiger partial charge in [0.2, 0.25) is 23.0 Å². The highest BCUT2D eigenvalue weighted by Crippen LogP contribution is 2.32. The van der Waals surface area contributed by atoms with Crippen LogP contribution in [0.5, 0.6) is 0 Å². The smallest absolute Gasteiger partial charge is 0.247 e. The normalized spacial score (nSPS) is 13.7. The van der Waals surface area contributed by atoms with Crippen LogP contribution in [0.4, 0.5) is 48.9 Å². The number of β-amino-alcohol motifs (C(OH)–C–C–N with tert-alkyl or cyclic N) is 2. The van der Waals surface area contributed by atoms with Crippen molar-refractivity contribution in [2.45, 2.75) is 0 Å². The number of para-hydroxylation sites is 2. The van der Waals surface area contributed by atoms with Crippen LogP contribution in [0.2, 0.25) is 5.28 Å². The molecular weight excluding hydrogens is 1000 g/mol. The molecule has 19 heteroatoms. The summed E-state index contributed by atoms with van der Waals surface area (Å²) < 4.78 is 28.4. The lowest BCUT2D eigenvalue weighted by Gasteiger charge is -2.35. The highest BCUT2D eigenvalue weighted by Gasteiger charge is 2.20. The summed E-state index contributed by atoms with van der Waals surface area (Å²) in [6, 6.07) is 36.7. The number of carbonyl (C=O) groups is 2. The van der Waals surface area contributed by atoms with E-state index in [0.29, 0.717) is 35.7 Å². The van der Waals surface area contributed by atoms with E-state index in [0.717, 1.165) is 102 Å². The number of carbonyl (C=O) groups excluding carboxylic acids is 2. The molecule has 2 amide bonds. The van der Waals surface area contributed by atoms with Crippen molar-refractivity contribution in [3.63, 3.8) is 0 Å². The van der Waals surface area contributed by atoms with Gasteiger partial charge in [0.25, 0.3) is 0 Å². The van der Waals surface area contributed by atoms with Crippen LogP contribution in [0, 0.1) is 11.6 Å². The van der Waals surface area contributed by atoms with E-state index < -0.39 is 0 Å². The molecule has 7 N–H and O–H groups in total. The minimum Gasteiger partial charge on any atom is -0.396 e. The summed E-state index contributed by atoms with van der Waals surface area (Å²) in [7, 11) is 0. The topological polar surface area (TPSA) is 201 Å². The van der Waals surface area contributed by atoms with Crippen molar-refractivity contribution in [1.29, 1.82) is 0 Å². The average Bonchev–Trinajstić information content (AvgIpc) is 3.45. The molecule has 77 heavy (non-hydrogen) atoms. The SMILES string of the molecule is C=CC(=O)Nc1cccc(-c2cccc3cnc(Cl)nc23)c1.C=CC(=O)Nc1cccc(-c2cccc3cnc(Nc4ccc(N5CCN(CCO)CC5)cc4F)nc23)c1.Nc1ccc(N2CCN(CCO)CC2)cc1F. The largest absolute Gasteiger partial charge is 0.396 e. The second-order valence-electron chi connectivity index (χ2n) is 18.0. The Hall–Kier alpha value is -8.39. The van der Waals surface area contributed by atoms with Crippen LogP contribution in [0.25, 0.3) is 44.1 Å². The lowest BCUT2D eigenvalue weighted by molar-refractivity contribution is -0.112. The predicted molar refractivity (Wildman–Crippen MR) is 305 cm³/mol. The first-order chi connectivity index (χ1) is 37.4. The quantitative estimate of drug-likeness (QED) is 0.0342. The van der Waals surface area contributed by atoms with E-state index in [9.17, 15) is 14.0 Å². The van der Waals surface area contributed by atoms with Crippen molar-refractivity contribution in [2.75, 3.05) is 110 Å². The number of nitrogen functional groups attached to an aromatic ring is 1. The Bertz CT molecular complexity index is 3370. The van der Waals surface area contributed by atoms with Crippen LogP contribution < -0.4 is 31.5 Å². The molecule has 0 spiro atoms. The third kappa shape index (κ3) is 14.5. The van der Waals surface area contributed by atoms with Crippen molar-refractivity contribution in [2.24, 2.45) is 0 Å². The van der Waals surface area contributed by atoms with Gasteiger partial charge in [0.15, 0.2) is 0 Å². The first-order valence-electron chi connectivity index (χ1n) is 24.9. The number of amides is 2. The van der Waals surface area contributed by atoms with Gasteiger partial charge in [-0.05, 0) is 95.5 Å². The molecule has 0 aliphatic carbocycles. The molecule has 0 unspecified atom stereocenters. The van der Waals surface area contributed by atoms with Gasteiger partial charge >= 0.3 is 0 Å². The number of rotatable bonds is 14. The standard InChI is InChI=1S/C29H29FN6O2.C17H12ClN3O.C12H18FN3O/c1-2-27(38)32-22-7-3-5-20(17-22)24-8-4-6-21-19-31-29(34-28(21)24)33-26-10-9-23(18-25(26)30)36-13-11-35(12-14-36)15-16-37;1-2-15(22)20-13-7-3-5-11(9-13)14-8-4-6-12-10-19-17(18)21-16(12)14;13-11-9-10(1-2-12(11)14)16-5-3-15(4-6-16)7-8-17/h2-10,17-19,37H,1,11-16H2,(H,32,38)(H,31,33,34);2-10H,1H2,(H,20,22);1-2,9,17H,3-8,14H2.